The number of hydrogen-bond acceptors (Lipinski definition) is 3. The molecule has 0 fully saturated rings. The summed E-state index contributed by atoms with van der Waals surface area (Å²) in [5.41, 5.74) is 2.59. The van der Waals surface area contributed by atoms with Crippen molar-refractivity contribution < 1.29 is 9.53 Å². The molecule has 3 nitrogen and oxygen atoms in total. The van der Waals surface area contributed by atoms with Gasteiger partial charge in [0.1, 0.15) is 0 Å². The maximum atomic E-state index is 11.4. The van der Waals surface area contributed by atoms with E-state index in [9.17, 15) is 4.79 Å². The van der Waals surface area contributed by atoms with E-state index in [4.69, 9.17) is 4.74 Å². The molecule has 0 saturated carbocycles. The van der Waals surface area contributed by atoms with Crippen LogP contribution >= 0.6 is 0 Å². The molecule has 1 unspecified atom stereocenters. The van der Waals surface area contributed by atoms with E-state index in [1.54, 1.807) is 0 Å². The molecule has 0 aliphatic heterocycles. The maximum absolute atomic E-state index is 11.4. The first-order valence-electron chi connectivity index (χ1n) is 6.62. The highest BCUT2D eigenvalue weighted by molar-refractivity contribution is 5.72. The third-order valence-electron chi connectivity index (χ3n) is 2.90. The minimum atomic E-state index is -0.133. The van der Waals surface area contributed by atoms with Crippen molar-refractivity contribution in [1.82, 2.24) is 5.32 Å². The molecule has 1 N–H and O–H groups in total. The van der Waals surface area contributed by atoms with Crippen molar-refractivity contribution >= 4 is 5.97 Å². The van der Waals surface area contributed by atoms with Gasteiger partial charge in [-0.1, -0.05) is 38.1 Å². The molecule has 3 heteroatoms. The predicted octanol–water partition coefficient (Wildman–Crippen LogP) is 2.54. The number of hydrogen-bond donors (Lipinski definition) is 1. The number of ether oxygens (including phenoxy) is 1. The molecule has 100 valence electrons. The fourth-order valence-corrected chi connectivity index (χ4v) is 1.69. The Kier molecular flexibility index (Phi) is 6.44. The van der Waals surface area contributed by atoms with Crippen LogP contribution < -0.4 is 5.32 Å². The third kappa shape index (κ3) is 4.88. The number of benzene rings is 1. The van der Waals surface area contributed by atoms with E-state index in [2.05, 4.69) is 36.5 Å². The average molecular weight is 249 g/mol. The summed E-state index contributed by atoms with van der Waals surface area (Å²) in [4.78, 5) is 11.4. The topological polar surface area (TPSA) is 38.3 Å². The fraction of sp³-hybridized carbons (Fsp3) is 0.533. The summed E-state index contributed by atoms with van der Waals surface area (Å²) < 4.78 is 4.96. The van der Waals surface area contributed by atoms with Gasteiger partial charge in [0.25, 0.3) is 0 Å². The number of nitrogens with one attached hydrogen (secondary N) is 1. The van der Waals surface area contributed by atoms with Crippen molar-refractivity contribution in [3.63, 3.8) is 0 Å². The molecule has 1 aromatic carbocycles. The van der Waals surface area contributed by atoms with Crippen LogP contribution in [0.25, 0.3) is 0 Å². The standard InChI is InChI=1S/C15H23NO2/c1-4-13-6-8-14(9-7-13)11-16-10-12(3)15(17)18-5-2/h6-9,12,16H,4-5,10-11H2,1-3H3. The largest absolute Gasteiger partial charge is 0.466 e. The van der Waals surface area contributed by atoms with Crippen LogP contribution in [0.2, 0.25) is 0 Å². The molecule has 0 spiro atoms. The molecule has 0 aliphatic rings. The number of esters is 1. The van der Waals surface area contributed by atoms with Crippen LogP contribution in [-0.2, 0) is 22.5 Å². The highest BCUT2D eigenvalue weighted by atomic mass is 16.5. The van der Waals surface area contributed by atoms with Crippen molar-refractivity contribution in [2.45, 2.75) is 33.7 Å². The first-order chi connectivity index (χ1) is 8.67. The zero-order chi connectivity index (χ0) is 13.4. The molecule has 0 saturated heterocycles. The van der Waals surface area contributed by atoms with Crippen molar-refractivity contribution in [1.29, 1.82) is 0 Å². The van der Waals surface area contributed by atoms with Gasteiger partial charge in [-0.3, -0.25) is 4.79 Å². The Hall–Kier alpha value is -1.35. The smallest absolute Gasteiger partial charge is 0.309 e. The van der Waals surface area contributed by atoms with Crippen LogP contribution in [0.4, 0.5) is 0 Å². The lowest BCUT2D eigenvalue weighted by Gasteiger charge is -2.11. The first-order valence-corrected chi connectivity index (χ1v) is 6.62. The number of carbonyl (C=O) groups excluding carboxylic acids is 1. The summed E-state index contributed by atoms with van der Waals surface area (Å²) in [6.45, 7) is 7.73. The van der Waals surface area contributed by atoms with E-state index >= 15 is 0 Å². The van der Waals surface area contributed by atoms with Crippen molar-refractivity contribution in [2.24, 2.45) is 5.92 Å². The lowest BCUT2D eigenvalue weighted by Crippen LogP contribution is -2.27. The summed E-state index contributed by atoms with van der Waals surface area (Å²) in [6, 6.07) is 8.54. The minimum Gasteiger partial charge on any atom is -0.466 e. The quantitative estimate of drug-likeness (QED) is 0.755. The second kappa shape index (κ2) is 7.88. The van der Waals surface area contributed by atoms with Crippen molar-refractivity contribution in [3.8, 4) is 0 Å². The Morgan fingerprint density at radius 1 is 1.22 bits per heavy atom. The molecule has 0 heterocycles. The van der Waals surface area contributed by atoms with E-state index in [1.165, 1.54) is 11.1 Å². The summed E-state index contributed by atoms with van der Waals surface area (Å²) in [5.74, 6) is -0.230. The Bertz CT molecular complexity index is 359. The molecule has 0 bridgehead atoms. The van der Waals surface area contributed by atoms with Gasteiger partial charge >= 0.3 is 5.97 Å². The fourth-order valence-electron chi connectivity index (χ4n) is 1.69. The van der Waals surface area contributed by atoms with E-state index in [0.717, 1.165) is 13.0 Å². The summed E-state index contributed by atoms with van der Waals surface area (Å²) in [7, 11) is 0. The van der Waals surface area contributed by atoms with Gasteiger partial charge < -0.3 is 10.1 Å². The van der Waals surface area contributed by atoms with Gasteiger partial charge in [0, 0.05) is 13.1 Å². The van der Waals surface area contributed by atoms with Gasteiger partial charge in [-0.2, -0.15) is 0 Å². The lowest BCUT2D eigenvalue weighted by molar-refractivity contribution is -0.147. The Labute approximate surface area is 110 Å². The molecule has 0 amide bonds. The van der Waals surface area contributed by atoms with Crippen LogP contribution in [0.3, 0.4) is 0 Å². The maximum Gasteiger partial charge on any atom is 0.309 e. The summed E-state index contributed by atoms with van der Waals surface area (Å²) in [5, 5.41) is 3.28. The highest BCUT2D eigenvalue weighted by Gasteiger charge is 2.12. The molecular formula is C15H23NO2. The molecule has 1 aromatic rings. The molecule has 0 radical (unpaired) electrons. The number of aryl methyl sites for hydroxylation is 1. The van der Waals surface area contributed by atoms with E-state index in [0.29, 0.717) is 13.2 Å². The van der Waals surface area contributed by atoms with Crippen LogP contribution in [-0.4, -0.2) is 19.1 Å². The van der Waals surface area contributed by atoms with Gasteiger partial charge in [0.15, 0.2) is 0 Å². The summed E-state index contributed by atoms with van der Waals surface area (Å²) >= 11 is 0. The van der Waals surface area contributed by atoms with Crippen LogP contribution in [0.1, 0.15) is 31.9 Å². The van der Waals surface area contributed by atoms with Gasteiger partial charge in [0.2, 0.25) is 0 Å². The van der Waals surface area contributed by atoms with Crippen LogP contribution in [0, 0.1) is 5.92 Å². The first kappa shape index (κ1) is 14.7. The minimum absolute atomic E-state index is 0.0973. The second-order valence-corrected chi connectivity index (χ2v) is 4.45. The number of carbonyl (C=O) groups is 1. The predicted molar refractivity (Wildman–Crippen MR) is 73.3 cm³/mol. The zero-order valence-corrected chi connectivity index (χ0v) is 11.5. The van der Waals surface area contributed by atoms with E-state index in [-0.39, 0.29) is 11.9 Å². The lowest BCUT2D eigenvalue weighted by atomic mass is 10.1. The van der Waals surface area contributed by atoms with E-state index < -0.39 is 0 Å². The number of rotatable bonds is 7. The molecule has 0 aromatic heterocycles. The molecule has 0 aliphatic carbocycles. The van der Waals surface area contributed by atoms with Crippen molar-refractivity contribution in [3.05, 3.63) is 35.4 Å². The Morgan fingerprint density at radius 3 is 2.39 bits per heavy atom. The molecule has 18 heavy (non-hydrogen) atoms. The Balaban J connectivity index is 2.30. The molecular weight excluding hydrogens is 226 g/mol. The SMILES string of the molecule is CCOC(=O)C(C)CNCc1ccc(CC)cc1. The van der Waals surface area contributed by atoms with E-state index in [1.807, 2.05) is 13.8 Å². The Morgan fingerprint density at radius 2 is 1.83 bits per heavy atom. The average Bonchev–Trinajstić information content (AvgIpc) is 2.39. The molecule has 1 rings (SSSR count). The van der Waals surface area contributed by atoms with Gasteiger partial charge in [-0.05, 0) is 24.5 Å². The normalized spacial score (nSPS) is 12.2. The third-order valence-corrected chi connectivity index (χ3v) is 2.90. The highest BCUT2D eigenvalue weighted by Crippen LogP contribution is 2.05. The monoisotopic (exact) mass is 249 g/mol. The summed E-state index contributed by atoms with van der Waals surface area (Å²) in [6.07, 6.45) is 1.06. The van der Waals surface area contributed by atoms with Gasteiger partial charge in [-0.15, -0.1) is 0 Å². The molecule has 1 atom stereocenters. The van der Waals surface area contributed by atoms with Crippen LogP contribution in [0.15, 0.2) is 24.3 Å². The van der Waals surface area contributed by atoms with Crippen LogP contribution in [0.5, 0.6) is 0 Å². The van der Waals surface area contributed by atoms with Gasteiger partial charge in [0.05, 0.1) is 12.5 Å². The second-order valence-electron chi connectivity index (χ2n) is 4.45. The van der Waals surface area contributed by atoms with Crippen molar-refractivity contribution in [2.75, 3.05) is 13.2 Å². The zero-order valence-electron chi connectivity index (χ0n) is 11.5. The van der Waals surface area contributed by atoms with Gasteiger partial charge in [-0.25, -0.2) is 0 Å².